The molecule has 1 aromatic rings. The highest BCUT2D eigenvalue weighted by molar-refractivity contribution is 6.37. The first-order valence-electron chi connectivity index (χ1n) is 4.18. The summed E-state index contributed by atoms with van der Waals surface area (Å²) >= 11 is 12.0. The zero-order chi connectivity index (χ0) is 10.3. The van der Waals surface area contributed by atoms with Crippen LogP contribution in [0, 0.1) is 0 Å². The van der Waals surface area contributed by atoms with E-state index in [0.29, 0.717) is 5.02 Å². The zero-order valence-electron chi connectivity index (χ0n) is 7.46. The van der Waals surface area contributed by atoms with Crippen LogP contribution in [-0.2, 0) is 9.53 Å². The van der Waals surface area contributed by atoms with Gasteiger partial charge in [0.15, 0.2) is 11.0 Å². The number of carbonyl (C=O) groups is 1. The maximum Gasteiger partial charge on any atom is 0.331 e. The molecule has 0 N–H and O–H groups in total. The van der Waals surface area contributed by atoms with E-state index in [-0.39, 0.29) is 0 Å². The Hall–Kier alpha value is -0.730. The fourth-order valence-electron chi connectivity index (χ4n) is 1.43. The van der Waals surface area contributed by atoms with Crippen LogP contribution in [0.5, 0.6) is 0 Å². The second kappa shape index (κ2) is 3.14. The third-order valence-corrected chi connectivity index (χ3v) is 3.00. The Morgan fingerprint density at radius 3 is 2.57 bits per heavy atom. The SMILES string of the molecule is C[C@@]1(Cl)C(=O)O[C@H]1c1ccccc1Cl. The Labute approximate surface area is 91.8 Å². The highest BCUT2D eigenvalue weighted by atomic mass is 35.5. The maximum atomic E-state index is 11.0. The van der Waals surface area contributed by atoms with Crippen molar-refractivity contribution in [3.8, 4) is 0 Å². The van der Waals surface area contributed by atoms with Gasteiger partial charge in [0.1, 0.15) is 0 Å². The second-order valence-corrected chi connectivity index (χ2v) is 4.57. The molecule has 1 aromatic carbocycles. The summed E-state index contributed by atoms with van der Waals surface area (Å²) < 4.78 is 4.97. The lowest BCUT2D eigenvalue weighted by atomic mass is 9.91. The van der Waals surface area contributed by atoms with Crippen LogP contribution in [0.3, 0.4) is 0 Å². The van der Waals surface area contributed by atoms with Gasteiger partial charge in [-0.2, -0.15) is 0 Å². The average Bonchev–Trinajstić information content (AvgIpc) is 2.16. The van der Waals surface area contributed by atoms with E-state index in [1.54, 1.807) is 19.1 Å². The van der Waals surface area contributed by atoms with Crippen LogP contribution in [0.4, 0.5) is 0 Å². The van der Waals surface area contributed by atoms with Gasteiger partial charge in [0.25, 0.3) is 0 Å². The molecule has 4 heteroatoms. The first-order chi connectivity index (χ1) is 6.53. The van der Waals surface area contributed by atoms with Gasteiger partial charge in [-0.25, -0.2) is 4.79 Å². The lowest BCUT2D eigenvalue weighted by Crippen LogP contribution is -2.50. The van der Waals surface area contributed by atoms with Crippen LogP contribution in [0.1, 0.15) is 18.6 Å². The predicted molar refractivity (Wildman–Crippen MR) is 54.5 cm³/mol. The molecular formula is C10H8Cl2O2. The van der Waals surface area contributed by atoms with Crippen molar-refractivity contribution in [3.63, 3.8) is 0 Å². The van der Waals surface area contributed by atoms with Gasteiger partial charge in [-0.3, -0.25) is 0 Å². The summed E-state index contributed by atoms with van der Waals surface area (Å²) in [6, 6.07) is 7.20. The second-order valence-electron chi connectivity index (χ2n) is 3.38. The minimum absolute atomic E-state index is 0.399. The molecule has 0 bridgehead atoms. The van der Waals surface area contributed by atoms with Crippen molar-refractivity contribution >= 4 is 29.2 Å². The van der Waals surface area contributed by atoms with E-state index in [4.69, 9.17) is 27.9 Å². The number of hydrogen-bond acceptors (Lipinski definition) is 2. The normalized spacial score (nSPS) is 30.8. The van der Waals surface area contributed by atoms with Crippen molar-refractivity contribution in [3.05, 3.63) is 34.9 Å². The Bertz CT molecular complexity index is 387. The van der Waals surface area contributed by atoms with Crippen molar-refractivity contribution in [2.45, 2.75) is 17.9 Å². The molecule has 0 amide bonds. The number of alkyl halides is 1. The highest BCUT2D eigenvalue weighted by Crippen LogP contribution is 2.46. The van der Waals surface area contributed by atoms with E-state index in [2.05, 4.69) is 0 Å². The molecular weight excluding hydrogens is 223 g/mol. The van der Waals surface area contributed by atoms with Crippen LogP contribution in [0.25, 0.3) is 0 Å². The van der Waals surface area contributed by atoms with Crippen molar-refractivity contribution in [2.24, 2.45) is 0 Å². The number of hydrogen-bond donors (Lipinski definition) is 0. The number of cyclic esters (lactones) is 1. The molecule has 0 unspecified atom stereocenters. The first kappa shape index (κ1) is 9.81. The predicted octanol–water partition coefficient (Wildman–Crippen LogP) is 2.94. The highest BCUT2D eigenvalue weighted by Gasteiger charge is 2.54. The molecule has 74 valence electrons. The molecule has 0 aliphatic carbocycles. The molecule has 2 nitrogen and oxygen atoms in total. The van der Waals surface area contributed by atoms with E-state index in [0.717, 1.165) is 5.56 Å². The summed E-state index contributed by atoms with van der Waals surface area (Å²) in [4.78, 5) is 10.1. The van der Waals surface area contributed by atoms with Gasteiger partial charge in [-0.15, -0.1) is 11.6 Å². The summed E-state index contributed by atoms with van der Waals surface area (Å²) in [6.07, 6.45) is -0.439. The molecule has 0 spiro atoms. The summed E-state index contributed by atoms with van der Waals surface area (Å²) in [5, 5.41) is 0.567. The number of ether oxygens (including phenoxy) is 1. The molecule has 0 saturated carbocycles. The minimum Gasteiger partial charge on any atom is -0.453 e. The summed E-state index contributed by atoms with van der Waals surface area (Å²) in [5.41, 5.74) is 0.756. The van der Waals surface area contributed by atoms with Crippen molar-refractivity contribution in [1.29, 1.82) is 0 Å². The van der Waals surface area contributed by atoms with Gasteiger partial charge in [0.2, 0.25) is 0 Å². The van der Waals surface area contributed by atoms with Crippen molar-refractivity contribution in [1.82, 2.24) is 0 Å². The van der Waals surface area contributed by atoms with E-state index >= 15 is 0 Å². The van der Waals surface area contributed by atoms with Gasteiger partial charge < -0.3 is 4.74 Å². The van der Waals surface area contributed by atoms with Gasteiger partial charge in [0, 0.05) is 10.6 Å². The van der Waals surface area contributed by atoms with Gasteiger partial charge >= 0.3 is 5.97 Å². The monoisotopic (exact) mass is 230 g/mol. The van der Waals surface area contributed by atoms with Crippen LogP contribution in [0.2, 0.25) is 5.02 Å². The van der Waals surface area contributed by atoms with Gasteiger partial charge in [-0.1, -0.05) is 29.8 Å². The quantitative estimate of drug-likeness (QED) is 0.548. The standard InChI is InChI=1S/C10H8Cl2O2/c1-10(12)8(14-9(10)13)6-4-2-3-5-7(6)11/h2-5,8H,1H3/t8-,10-/m0/s1. The van der Waals surface area contributed by atoms with E-state index < -0.39 is 16.9 Å². The molecule has 1 saturated heterocycles. The lowest BCUT2D eigenvalue weighted by Gasteiger charge is -2.40. The number of esters is 1. The fraction of sp³-hybridized carbons (Fsp3) is 0.300. The topological polar surface area (TPSA) is 26.3 Å². The third kappa shape index (κ3) is 1.30. The third-order valence-electron chi connectivity index (χ3n) is 2.30. The van der Waals surface area contributed by atoms with Crippen LogP contribution >= 0.6 is 23.2 Å². The van der Waals surface area contributed by atoms with Gasteiger partial charge in [0.05, 0.1) is 0 Å². The summed E-state index contributed by atoms with van der Waals surface area (Å²) in [6.45, 7) is 1.63. The molecule has 1 aliphatic heterocycles. The smallest absolute Gasteiger partial charge is 0.331 e. The first-order valence-corrected chi connectivity index (χ1v) is 4.93. The number of benzene rings is 1. The lowest BCUT2D eigenvalue weighted by molar-refractivity contribution is -0.178. The molecule has 0 radical (unpaired) electrons. The molecule has 14 heavy (non-hydrogen) atoms. The fourth-order valence-corrected chi connectivity index (χ4v) is 1.87. The number of carbonyl (C=O) groups excluding carboxylic acids is 1. The maximum absolute atomic E-state index is 11.0. The molecule has 1 aliphatic rings. The summed E-state index contributed by atoms with van der Waals surface area (Å²) in [5.74, 6) is -0.399. The molecule has 1 heterocycles. The minimum atomic E-state index is -0.981. The van der Waals surface area contributed by atoms with Crippen molar-refractivity contribution < 1.29 is 9.53 Å². The summed E-state index contributed by atoms with van der Waals surface area (Å²) in [7, 11) is 0. The molecule has 2 rings (SSSR count). The molecule has 2 atom stereocenters. The van der Waals surface area contributed by atoms with Crippen LogP contribution in [-0.4, -0.2) is 10.8 Å². The number of halogens is 2. The van der Waals surface area contributed by atoms with E-state index in [9.17, 15) is 4.79 Å². The number of rotatable bonds is 1. The van der Waals surface area contributed by atoms with E-state index in [1.807, 2.05) is 12.1 Å². The molecule has 1 fully saturated rings. The Balaban J connectivity index is 2.35. The Kier molecular flexibility index (Phi) is 2.20. The molecule has 0 aromatic heterocycles. The van der Waals surface area contributed by atoms with E-state index in [1.165, 1.54) is 0 Å². The Morgan fingerprint density at radius 1 is 1.43 bits per heavy atom. The Morgan fingerprint density at radius 2 is 2.07 bits per heavy atom. The van der Waals surface area contributed by atoms with Gasteiger partial charge in [-0.05, 0) is 13.0 Å². The zero-order valence-corrected chi connectivity index (χ0v) is 8.97. The van der Waals surface area contributed by atoms with Crippen LogP contribution in [0.15, 0.2) is 24.3 Å². The van der Waals surface area contributed by atoms with Crippen molar-refractivity contribution in [2.75, 3.05) is 0 Å². The average molecular weight is 231 g/mol. The van der Waals surface area contributed by atoms with Crippen LogP contribution < -0.4 is 0 Å². The largest absolute Gasteiger partial charge is 0.453 e.